The second-order valence-electron chi connectivity index (χ2n) is 11.2. The van der Waals surface area contributed by atoms with Crippen molar-refractivity contribution < 1.29 is 22.8 Å². The van der Waals surface area contributed by atoms with Gasteiger partial charge in [-0.1, -0.05) is 95.1 Å². The van der Waals surface area contributed by atoms with Crippen LogP contribution in [0.25, 0.3) is 0 Å². The SMILES string of the molecule is Cc1ccc(OP(Oc2ccc(C)cc2)c2ccccc2Oc2ccccc2P(Oc2ccc(C)cc2)Oc2ccc(C)cc2)cc1. The highest BCUT2D eigenvalue weighted by atomic mass is 31.2. The van der Waals surface area contributed by atoms with Crippen LogP contribution in [-0.2, 0) is 0 Å². The van der Waals surface area contributed by atoms with E-state index in [1.165, 1.54) is 0 Å². The van der Waals surface area contributed by atoms with E-state index in [0.29, 0.717) is 34.5 Å². The normalized spacial score (nSPS) is 10.9. The van der Waals surface area contributed by atoms with E-state index in [9.17, 15) is 0 Å². The number of hydrogen-bond donors (Lipinski definition) is 0. The smallest absolute Gasteiger partial charge is 0.329 e. The summed E-state index contributed by atoms with van der Waals surface area (Å²) in [4.78, 5) is 0. The Kier molecular flexibility index (Phi) is 10.4. The predicted octanol–water partition coefficient (Wildman–Crippen LogP) is 10.9. The highest BCUT2D eigenvalue weighted by Crippen LogP contribution is 2.45. The van der Waals surface area contributed by atoms with E-state index in [1.54, 1.807) is 0 Å². The summed E-state index contributed by atoms with van der Waals surface area (Å²) in [5.41, 5.74) is 4.61. The van der Waals surface area contributed by atoms with Crippen LogP contribution in [0.3, 0.4) is 0 Å². The van der Waals surface area contributed by atoms with E-state index < -0.39 is 16.8 Å². The molecule has 0 N–H and O–H groups in total. The fraction of sp³-hybridized carbons (Fsp3) is 0.100. The molecule has 0 amide bonds. The van der Waals surface area contributed by atoms with Crippen molar-refractivity contribution in [1.29, 1.82) is 0 Å². The maximum absolute atomic E-state index is 6.74. The molecule has 236 valence electrons. The van der Waals surface area contributed by atoms with Gasteiger partial charge in [0.25, 0.3) is 0 Å². The molecule has 6 aromatic rings. The van der Waals surface area contributed by atoms with Crippen LogP contribution in [0.5, 0.6) is 34.5 Å². The van der Waals surface area contributed by atoms with Gasteiger partial charge < -0.3 is 22.8 Å². The monoisotopic (exact) mass is 658 g/mol. The molecule has 0 heterocycles. The molecule has 0 aromatic heterocycles. The van der Waals surface area contributed by atoms with E-state index in [1.807, 2.05) is 146 Å². The van der Waals surface area contributed by atoms with Gasteiger partial charge in [-0.2, -0.15) is 0 Å². The van der Waals surface area contributed by atoms with Gasteiger partial charge in [0, 0.05) is 0 Å². The summed E-state index contributed by atoms with van der Waals surface area (Å²) in [6.45, 7) is 8.21. The Bertz CT molecular complexity index is 1660. The zero-order chi connectivity index (χ0) is 32.6. The number of hydrogen-bond acceptors (Lipinski definition) is 5. The van der Waals surface area contributed by atoms with Gasteiger partial charge in [0.15, 0.2) is 0 Å². The molecule has 0 fully saturated rings. The van der Waals surface area contributed by atoms with Crippen LogP contribution in [0.4, 0.5) is 0 Å². The highest BCUT2D eigenvalue weighted by molar-refractivity contribution is 7.57. The third-order valence-corrected chi connectivity index (χ3v) is 10.2. The molecule has 7 heteroatoms. The average Bonchev–Trinajstić information content (AvgIpc) is 3.09. The lowest BCUT2D eigenvalue weighted by molar-refractivity contribution is 0.474. The molecule has 6 aromatic carbocycles. The summed E-state index contributed by atoms with van der Waals surface area (Å²) in [7, 11) is -3.28. The second-order valence-corrected chi connectivity index (χ2v) is 13.9. The third-order valence-electron chi connectivity index (χ3n) is 7.18. The molecule has 0 saturated heterocycles. The molecule has 5 nitrogen and oxygen atoms in total. The molecule has 0 aliphatic heterocycles. The van der Waals surface area contributed by atoms with Crippen molar-refractivity contribution in [1.82, 2.24) is 0 Å². The first-order valence-corrected chi connectivity index (χ1v) is 17.7. The summed E-state index contributed by atoms with van der Waals surface area (Å²) >= 11 is 0. The molecule has 0 atom stereocenters. The van der Waals surface area contributed by atoms with Crippen molar-refractivity contribution in [2.45, 2.75) is 27.7 Å². The average molecular weight is 659 g/mol. The van der Waals surface area contributed by atoms with Crippen molar-refractivity contribution in [2.24, 2.45) is 0 Å². The van der Waals surface area contributed by atoms with E-state index >= 15 is 0 Å². The zero-order valence-corrected chi connectivity index (χ0v) is 28.6. The maximum atomic E-state index is 6.74. The van der Waals surface area contributed by atoms with Crippen LogP contribution >= 0.6 is 16.8 Å². The first kappa shape index (κ1) is 32.1. The molecule has 0 aliphatic rings. The highest BCUT2D eigenvalue weighted by Gasteiger charge is 2.27. The first-order valence-electron chi connectivity index (χ1n) is 15.3. The quantitative estimate of drug-likeness (QED) is 0.123. The van der Waals surface area contributed by atoms with Crippen LogP contribution in [0, 0.1) is 27.7 Å². The van der Waals surface area contributed by atoms with Crippen LogP contribution in [0.1, 0.15) is 22.3 Å². The third kappa shape index (κ3) is 8.71. The van der Waals surface area contributed by atoms with Crippen molar-refractivity contribution in [3.63, 3.8) is 0 Å². The molecule has 47 heavy (non-hydrogen) atoms. The summed E-state index contributed by atoms with van der Waals surface area (Å²) in [6, 6.07) is 47.5. The van der Waals surface area contributed by atoms with Gasteiger partial charge in [0.05, 0.1) is 10.6 Å². The number of benzene rings is 6. The van der Waals surface area contributed by atoms with Crippen LogP contribution in [0.15, 0.2) is 146 Å². The van der Waals surface area contributed by atoms with Gasteiger partial charge in [0.1, 0.15) is 34.5 Å². The van der Waals surface area contributed by atoms with Crippen LogP contribution in [0.2, 0.25) is 0 Å². The van der Waals surface area contributed by atoms with E-state index in [0.717, 1.165) is 32.9 Å². The number of para-hydroxylation sites is 2. The van der Waals surface area contributed by atoms with Crippen molar-refractivity contribution >= 4 is 27.4 Å². The minimum atomic E-state index is -1.64. The van der Waals surface area contributed by atoms with Crippen molar-refractivity contribution in [3.8, 4) is 34.5 Å². The van der Waals surface area contributed by atoms with Gasteiger partial charge in [-0.25, -0.2) is 0 Å². The minimum Gasteiger partial charge on any atom is -0.456 e. The number of ether oxygens (including phenoxy) is 1. The van der Waals surface area contributed by atoms with Gasteiger partial charge in [-0.3, -0.25) is 0 Å². The molecule has 0 radical (unpaired) electrons. The molecule has 0 saturated carbocycles. The first-order chi connectivity index (χ1) is 22.9. The molecule has 0 spiro atoms. The Hall–Kier alpha value is -4.82. The Morgan fingerprint density at radius 2 is 0.574 bits per heavy atom. The number of aryl methyl sites for hydroxylation is 4. The summed E-state index contributed by atoms with van der Waals surface area (Å²) in [5.74, 6) is 4.09. The van der Waals surface area contributed by atoms with E-state index in [4.69, 9.17) is 22.8 Å². The van der Waals surface area contributed by atoms with E-state index in [2.05, 4.69) is 27.7 Å². The van der Waals surface area contributed by atoms with Gasteiger partial charge in [-0.15, -0.1) is 0 Å². The fourth-order valence-corrected chi connectivity index (χ4v) is 7.26. The fourth-order valence-electron chi connectivity index (χ4n) is 4.52. The summed E-state index contributed by atoms with van der Waals surface area (Å²) < 4.78 is 32.9. The summed E-state index contributed by atoms with van der Waals surface area (Å²) in [6.07, 6.45) is 0. The maximum Gasteiger partial charge on any atom is 0.329 e. The van der Waals surface area contributed by atoms with Crippen molar-refractivity contribution in [2.75, 3.05) is 0 Å². The van der Waals surface area contributed by atoms with Crippen LogP contribution < -0.4 is 33.4 Å². The minimum absolute atomic E-state index is 0.617. The Morgan fingerprint density at radius 1 is 0.319 bits per heavy atom. The lowest BCUT2D eigenvalue weighted by atomic mass is 10.2. The molecule has 0 bridgehead atoms. The Labute approximate surface area is 279 Å². The summed E-state index contributed by atoms with van der Waals surface area (Å²) in [5, 5.41) is 1.59. The second kappa shape index (κ2) is 15.2. The number of rotatable bonds is 12. The van der Waals surface area contributed by atoms with Gasteiger partial charge >= 0.3 is 16.8 Å². The molecular formula is C40H36O5P2. The van der Waals surface area contributed by atoms with Gasteiger partial charge in [-0.05, 0) is 100 Å². The van der Waals surface area contributed by atoms with E-state index in [-0.39, 0.29) is 0 Å². The topological polar surface area (TPSA) is 46.2 Å². The Balaban J connectivity index is 1.35. The zero-order valence-electron chi connectivity index (χ0n) is 26.8. The molecule has 0 unspecified atom stereocenters. The molecular weight excluding hydrogens is 622 g/mol. The Morgan fingerprint density at radius 3 is 0.851 bits per heavy atom. The lowest BCUT2D eigenvalue weighted by Crippen LogP contribution is -2.16. The largest absolute Gasteiger partial charge is 0.456 e. The standard InChI is InChI=1S/C40H36O5P2/c1-29-13-21-33(22-14-29)42-46(43-34-23-15-30(2)16-24-34)39-11-7-5-9-37(39)41-38-10-6-8-12-40(38)47(44-35-25-17-31(3)18-26-35)45-36-27-19-32(4)20-28-36/h5-28H,1-4H3. The van der Waals surface area contributed by atoms with Crippen LogP contribution in [-0.4, -0.2) is 0 Å². The van der Waals surface area contributed by atoms with Gasteiger partial charge in [0.2, 0.25) is 0 Å². The molecule has 6 rings (SSSR count). The lowest BCUT2D eigenvalue weighted by Gasteiger charge is -2.23. The molecule has 0 aliphatic carbocycles. The predicted molar refractivity (Wildman–Crippen MR) is 193 cm³/mol. The van der Waals surface area contributed by atoms with Crippen molar-refractivity contribution in [3.05, 3.63) is 168 Å².